The SMILES string of the molecule is COc1cc(C2CCN(C(=O)OC(C)(C)C)CC2)c(C)cc1Nc1ncc(C(F)(F)F)c(Cl)n1. The molecule has 2 aromatic rings. The number of aryl methyl sites for hydroxylation is 1. The maximum atomic E-state index is 12.9. The summed E-state index contributed by atoms with van der Waals surface area (Å²) in [6, 6.07) is 3.74. The van der Waals surface area contributed by atoms with E-state index in [-0.39, 0.29) is 18.0 Å². The van der Waals surface area contributed by atoms with E-state index in [1.54, 1.807) is 4.90 Å². The van der Waals surface area contributed by atoms with Crippen LogP contribution in [0.1, 0.15) is 56.2 Å². The maximum Gasteiger partial charge on any atom is 0.420 e. The lowest BCUT2D eigenvalue weighted by atomic mass is 9.86. The number of amides is 1. The van der Waals surface area contributed by atoms with Gasteiger partial charge in [-0.2, -0.15) is 13.2 Å². The molecule has 1 aliphatic heterocycles. The number of benzene rings is 1. The Kier molecular flexibility index (Phi) is 7.50. The van der Waals surface area contributed by atoms with Crippen LogP contribution in [0, 0.1) is 6.92 Å². The largest absolute Gasteiger partial charge is 0.495 e. The van der Waals surface area contributed by atoms with Crippen molar-refractivity contribution in [2.75, 3.05) is 25.5 Å². The van der Waals surface area contributed by atoms with E-state index in [2.05, 4.69) is 15.3 Å². The number of aromatic nitrogens is 2. The fourth-order valence-electron chi connectivity index (χ4n) is 3.84. The first-order valence-electron chi connectivity index (χ1n) is 10.8. The molecule has 7 nitrogen and oxygen atoms in total. The Morgan fingerprint density at radius 1 is 1.21 bits per heavy atom. The van der Waals surface area contributed by atoms with Crippen molar-refractivity contribution in [1.82, 2.24) is 14.9 Å². The van der Waals surface area contributed by atoms with Crippen LogP contribution in [0.25, 0.3) is 0 Å². The Hall–Kier alpha value is -2.75. The lowest BCUT2D eigenvalue weighted by molar-refractivity contribution is -0.137. The van der Waals surface area contributed by atoms with Crippen LogP contribution >= 0.6 is 11.6 Å². The number of nitrogens with zero attached hydrogens (tertiary/aromatic N) is 3. The molecule has 3 rings (SSSR count). The Morgan fingerprint density at radius 2 is 1.85 bits per heavy atom. The van der Waals surface area contributed by atoms with E-state index < -0.39 is 22.5 Å². The molecule has 34 heavy (non-hydrogen) atoms. The number of hydrogen-bond donors (Lipinski definition) is 1. The van der Waals surface area contributed by atoms with Gasteiger partial charge in [0.25, 0.3) is 0 Å². The highest BCUT2D eigenvalue weighted by Gasteiger charge is 2.35. The van der Waals surface area contributed by atoms with Gasteiger partial charge in [-0.25, -0.2) is 14.8 Å². The zero-order chi connectivity index (χ0) is 25.3. The van der Waals surface area contributed by atoms with Crippen LogP contribution in [0.15, 0.2) is 18.3 Å². The van der Waals surface area contributed by atoms with Gasteiger partial charge in [-0.3, -0.25) is 0 Å². The first kappa shape index (κ1) is 25.9. The molecular formula is C23H28ClF3N4O3. The number of alkyl halides is 3. The second kappa shape index (κ2) is 9.85. The van der Waals surface area contributed by atoms with Gasteiger partial charge >= 0.3 is 12.3 Å². The van der Waals surface area contributed by atoms with Crippen molar-refractivity contribution in [2.45, 2.75) is 58.2 Å². The highest BCUT2D eigenvalue weighted by atomic mass is 35.5. The normalized spacial score (nSPS) is 15.3. The van der Waals surface area contributed by atoms with Crippen LogP contribution in [0.2, 0.25) is 5.15 Å². The van der Waals surface area contributed by atoms with Crippen molar-refractivity contribution in [2.24, 2.45) is 0 Å². The first-order chi connectivity index (χ1) is 15.8. The van der Waals surface area contributed by atoms with Gasteiger partial charge in [-0.05, 0) is 69.7 Å². The Balaban J connectivity index is 1.75. The maximum absolute atomic E-state index is 12.9. The number of ether oxygens (including phenoxy) is 2. The summed E-state index contributed by atoms with van der Waals surface area (Å²) >= 11 is 5.70. The molecule has 11 heteroatoms. The zero-order valence-electron chi connectivity index (χ0n) is 19.7. The predicted molar refractivity (Wildman–Crippen MR) is 123 cm³/mol. The van der Waals surface area contributed by atoms with Gasteiger partial charge in [0.05, 0.1) is 12.8 Å². The third-order valence-corrected chi connectivity index (χ3v) is 5.76. The van der Waals surface area contributed by atoms with Gasteiger partial charge in [-0.1, -0.05) is 11.6 Å². The molecule has 0 spiro atoms. The lowest BCUT2D eigenvalue weighted by Crippen LogP contribution is -2.41. The number of likely N-dealkylation sites (tertiary alicyclic amines) is 1. The summed E-state index contributed by atoms with van der Waals surface area (Å²) in [7, 11) is 1.51. The van der Waals surface area contributed by atoms with Crippen LogP contribution in [0.4, 0.5) is 29.6 Å². The summed E-state index contributed by atoms with van der Waals surface area (Å²) in [4.78, 5) is 21.5. The number of anilines is 2. The number of carbonyl (C=O) groups excluding carboxylic acids is 1. The minimum absolute atomic E-state index is 0.0749. The van der Waals surface area contributed by atoms with Crippen LogP contribution in [-0.2, 0) is 10.9 Å². The van der Waals surface area contributed by atoms with E-state index in [0.29, 0.717) is 30.7 Å². The van der Waals surface area contributed by atoms with Gasteiger partial charge in [0.15, 0.2) is 0 Å². The number of carbonyl (C=O) groups is 1. The topological polar surface area (TPSA) is 76.6 Å². The summed E-state index contributed by atoms with van der Waals surface area (Å²) in [6.45, 7) is 8.63. The van der Waals surface area contributed by atoms with Crippen molar-refractivity contribution in [3.63, 3.8) is 0 Å². The Morgan fingerprint density at radius 3 is 2.38 bits per heavy atom. The lowest BCUT2D eigenvalue weighted by Gasteiger charge is -2.34. The molecule has 2 heterocycles. The van der Waals surface area contributed by atoms with E-state index in [4.69, 9.17) is 21.1 Å². The quantitative estimate of drug-likeness (QED) is 0.495. The number of halogens is 4. The molecule has 0 saturated carbocycles. The number of nitrogens with one attached hydrogen (secondary N) is 1. The van der Waals surface area contributed by atoms with Crippen molar-refractivity contribution in [3.8, 4) is 5.75 Å². The van der Waals surface area contributed by atoms with Crippen LogP contribution in [0.3, 0.4) is 0 Å². The molecule has 1 fully saturated rings. The summed E-state index contributed by atoms with van der Waals surface area (Å²) in [5.74, 6) is 0.641. The first-order valence-corrected chi connectivity index (χ1v) is 11.2. The molecule has 1 aliphatic rings. The van der Waals surface area contributed by atoms with Gasteiger partial charge in [0.2, 0.25) is 5.95 Å². The molecule has 1 saturated heterocycles. The second-order valence-electron chi connectivity index (χ2n) is 9.17. The molecule has 1 N–H and O–H groups in total. The third kappa shape index (κ3) is 6.22. The van der Waals surface area contributed by atoms with Crippen molar-refractivity contribution in [1.29, 1.82) is 0 Å². The highest BCUT2D eigenvalue weighted by molar-refractivity contribution is 6.30. The predicted octanol–water partition coefficient (Wildman–Crippen LogP) is 6.32. The molecular weight excluding hydrogens is 473 g/mol. The molecule has 1 aromatic heterocycles. The summed E-state index contributed by atoms with van der Waals surface area (Å²) < 4.78 is 49.7. The van der Waals surface area contributed by atoms with E-state index in [1.807, 2.05) is 39.8 Å². The number of piperidine rings is 1. The monoisotopic (exact) mass is 500 g/mol. The standard InChI is InChI=1S/C23H28ClF3N4O3/c1-13-10-17(29-20-28-12-16(19(24)30-20)23(25,26)27)18(33-5)11-15(13)14-6-8-31(9-7-14)21(32)34-22(2,3)4/h10-12,14H,6-9H2,1-5H3,(H,28,29,30). The highest BCUT2D eigenvalue weighted by Crippen LogP contribution is 2.38. The Bertz CT molecular complexity index is 1050. The summed E-state index contributed by atoms with van der Waals surface area (Å²) in [6.07, 6.45) is -2.76. The summed E-state index contributed by atoms with van der Waals surface area (Å²) in [5.41, 5.74) is 0.915. The zero-order valence-corrected chi connectivity index (χ0v) is 20.5. The number of hydrogen-bond acceptors (Lipinski definition) is 6. The average Bonchev–Trinajstić information content (AvgIpc) is 2.72. The van der Waals surface area contributed by atoms with Gasteiger partial charge in [-0.15, -0.1) is 0 Å². The fraction of sp³-hybridized carbons (Fsp3) is 0.522. The molecule has 1 aromatic carbocycles. The molecule has 0 unspecified atom stereocenters. The van der Waals surface area contributed by atoms with E-state index in [0.717, 1.165) is 24.0 Å². The van der Waals surface area contributed by atoms with Crippen LogP contribution in [-0.4, -0.2) is 46.8 Å². The van der Waals surface area contributed by atoms with E-state index in [9.17, 15) is 18.0 Å². The molecule has 1 amide bonds. The number of rotatable bonds is 4. The van der Waals surface area contributed by atoms with Gasteiger partial charge in [0.1, 0.15) is 22.1 Å². The van der Waals surface area contributed by atoms with Crippen molar-refractivity contribution in [3.05, 3.63) is 40.2 Å². The fourth-order valence-corrected chi connectivity index (χ4v) is 4.08. The third-order valence-electron chi connectivity index (χ3n) is 5.47. The Labute approximate surface area is 201 Å². The van der Waals surface area contributed by atoms with Crippen molar-refractivity contribution < 1.29 is 27.4 Å². The second-order valence-corrected chi connectivity index (χ2v) is 9.53. The molecule has 0 bridgehead atoms. The van der Waals surface area contributed by atoms with Gasteiger partial charge < -0.3 is 19.7 Å². The minimum Gasteiger partial charge on any atom is -0.495 e. The molecule has 186 valence electrons. The van der Waals surface area contributed by atoms with Gasteiger partial charge in [0, 0.05) is 19.3 Å². The molecule has 0 radical (unpaired) electrons. The van der Waals surface area contributed by atoms with Crippen molar-refractivity contribution >= 4 is 29.3 Å². The number of methoxy groups -OCH3 is 1. The molecule has 0 atom stereocenters. The van der Waals surface area contributed by atoms with Crippen LogP contribution in [0.5, 0.6) is 5.75 Å². The van der Waals surface area contributed by atoms with Crippen LogP contribution < -0.4 is 10.1 Å². The molecule has 0 aliphatic carbocycles. The average molecular weight is 501 g/mol. The van der Waals surface area contributed by atoms with E-state index >= 15 is 0 Å². The smallest absolute Gasteiger partial charge is 0.420 e. The van der Waals surface area contributed by atoms with E-state index in [1.165, 1.54) is 7.11 Å². The minimum atomic E-state index is -4.63. The summed E-state index contributed by atoms with van der Waals surface area (Å²) in [5, 5.41) is 2.20.